The molecule has 0 aromatic heterocycles. The van der Waals surface area contributed by atoms with Crippen molar-refractivity contribution in [2.24, 2.45) is 0 Å². The van der Waals surface area contributed by atoms with Crippen molar-refractivity contribution >= 4 is 17.5 Å². The lowest BCUT2D eigenvalue weighted by molar-refractivity contribution is -0.384. The van der Waals surface area contributed by atoms with Crippen LogP contribution in [0.1, 0.15) is 12.8 Å². The molecular formula is C10H10N2O4. The molecule has 1 aromatic carbocycles. The van der Waals surface area contributed by atoms with Gasteiger partial charge in [-0.3, -0.25) is 15.4 Å². The van der Waals surface area contributed by atoms with Gasteiger partial charge in [0.2, 0.25) is 0 Å². The van der Waals surface area contributed by atoms with E-state index < -0.39 is 11.0 Å². The Hall–Kier alpha value is -2.11. The summed E-state index contributed by atoms with van der Waals surface area (Å²) in [5.74, 6) is 0. The van der Waals surface area contributed by atoms with E-state index in [1.807, 2.05) is 0 Å². The van der Waals surface area contributed by atoms with Gasteiger partial charge >= 0.3 is 6.09 Å². The first-order chi connectivity index (χ1) is 7.65. The first-order valence-electron chi connectivity index (χ1n) is 4.87. The maximum Gasteiger partial charge on any atom is 0.411 e. The van der Waals surface area contributed by atoms with Crippen LogP contribution in [0.3, 0.4) is 0 Å². The van der Waals surface area contributed by atoms with E-state index in [0.717, 1.165) is 12.8 Å². The number of carbonyl (C=O) groups is 1. The van der Waals surface area contributed by atoms with Crippen molar-refractivity contribution in [3.63, 3.8) is 0 Å². The van der Waals surface area contributed by atoms with Crippen LogP contribution in [0.5, 0.6) is 0 Å². The highest BCUT2D eigenvalue weighted by molar-refractivity contribution is 5.84. The van der Waals surface area contributed by atoms with E-state index in [9.17, 15) is 14.9 Å². The Balaban J connectivity index is 1.93. The van der Waals surface area contributed by atoms with Gasteiger partial charge < -0.3 is 4.74 Å². The number of hydrogen-bond acceptors (Lipinski definition) is 4. The summed E-state index contributed by atoms with van der Waals surface area (Å²) in [6.07, 6.45) is 1.34. The van der Waals surface area contributed by atoms with Crippen LogP contribution in [-0.4, -0.2) is 17.1 Å². The predicted octanol–water partition coefficient (Wildman–Crippen LogP) is 2.31. The van der Waals surface area contributed by atoms with Gasteiger partial charge in [-0.05, 0) is 25.0 Å². The van der Waals surface area contributed by atoms with Gasteiger partial charge in [0, 0.05) is 17.8 Å². The van der Waals surface area contributed by atoms with Crippen molar-refractivity contribution in [3.8, 4) is 0 Å². The van der Waals surface area contributed by atoms with Gasteiger partial charge in [-0.2, -0.15) is 0 Å². The standard InChI is InChI=1S/C10H10N2O4/c13-10(16-9-5-6-9)11-7-1-3-8(4-2-7)12(14)15/h1-4,9H,5-6H2,(H,11,13). The van der Waals surface area contributed by atoms with Crippen LogP contribution in [0.4, 0.5) is 16.2 Å². The molecule has 2 rings (SSSR count). The molecule has 0 saturated heterocycles. The maximum atomic E-state index is 11.2. The zero-order valence-corrected chi connectivity index (χ0v) is 8.38. The Labute approximate surface area is 91.4 Å². The number of ether oxygens (including phenoxy) is 1. The number of hydrogen-bond donors (Lipinski definition) is 1. The third-order valence-corrected chi connectivity index (χ3v) is 2.12. The van der Waals surface area contributed by atoms with Gasteiger partial charge in [-0.25, -0.2) is 4.79 Å². The Bertz CT molecular complexity index is 411. The molecule has 1 amide bonds. The Morgan fingerprint density at radius 2 is 2.00 bits per heavy atom. The minimum absolute atomic E-state index is 0.0129. The summed E-state index contributed by atoms with van der Waals surface area (Å²) in [5.41, 5.74) is 0.470. The number of carbonyl (C=O) groups excluding carboxylic acids is 1. The summed E-state index contributed by atoms with van der Waals surface area (Å²) in [4.78, 5) is 21.1. The van der Waals surface area contributed by atoms with Gasteiger partial charge in [0.05, 0.1) is 4.92 Å². The molecule has 1 saturated carbocycles. The SMILES string of the molecule is O=C(Nc1ccc([N+](=O)[O-])cc1)OC1CC1. The molecule has 1 fully saturated rings. The third kappa shape index (κ3) is 2.69. The quantitative estimate of drug-likeness (QED) is 0.628. The normalized spacial score (nSPS) is 14.2. The Kier molecular flexibility index (Phi) is 2.72. The van der Waals surface area contributed by atoms with E-state index in [-0.39, 0.29) is 11.8 Å². The zero-order chi connectivity index (χ0) is 11.5. The molecule has 1 aliphatic carbocycles. The summed E-state index contributed by atoms with van der Waals surface area (Å²) in [6, 6.07) is 5.58. The third-order valence-electron chi connectivity index (χ3n) is 2.12. The van der Waals surface area contributed by atoms with Crippen molar-refractivity contribution in [3.05, 3.63) is 34.4 Å². The molecule has 0 unspecified atom stereocenters. The molecule has 0 radical (unpaired) electrons. The fourth-order valence-electron chi connectivity index (χ4n) is 1.15. The van der Waals surface area contributed by atoms with Gasteiger partial charge in [0.15, 0.2) is 0 Å². The zero-order valence-electron chi connectivity index (χ0n) is 8.38. The van der Waals surface area contributed by atoms with Crippen LogP contribution in [-0.2, 0) is 4.74 Å². The maximum absolute atomic E-state index is 11.2. The number of benzene rings is 1. The van der Waals surface area contributed by atoms with Gasteiger partial charge in [-0.1, -0.05) is 0 Å². The minimum Gasteiger partial charge on any atom is -0.446 e. The highest BCUT2D eigenvalue weighted by Crippen LogP contribution is 2.24. The number of amides is 1. The molecule has 1 aliphatic rings. The molecule has 0 atom stereocenters. The van der Waals surface area contributed by atoms with E-state index in [1.54, 1.807) is 0 Å². The molecule has 0 bridgehead atoms. The first-order valence-corrected chi connectivity index (χ1v) is 4.87. The second-order valence-corrected chi connectivity index (χ2v) is 3.53. The van der Waals surface area contributed by atoms with Crippen LogP contribution in [0, 0.1) is 10.1 Å². The number of nitrogens with one attached hydrogen (secondary N) is 1. The average Bonchev–Trinajstić information content (AvgIpc) is 3.02. The molecule has 16 heavy (non-hydrogen) atoms. The topological polar surface area (TPSA) is 81.5 Å². The largest absolute Gasteiger partial charge is 0.446 e. The fourth-order valence-corrected chi connectivity index (χ4v) is 1.15. The van der Waals surface area contributed by atoms with E-state index in [2.05, 4.69) is 5.32 Å². The molecule has 0 spiro atoms. The van der Waals surface area contributed by atoms with Crippen LogP contribution >= 0.6 is 0 Å². The van der Waals surface area contributed by atoms with Crippen molar-refractivity contribution in [1.82, 2.24) is 0 Å². The van der Waals surface area contributed by atoms with Crippen molar-refractivity contribution < 1.29 is 14.5 Å². The monoisotopic (exact) mass is 222 g/mol. The second kappa shape index (κ2) is 4.18. The highest BCUT2D eigenvalue weighted by atomic mass is 16.6. The summed E-state index contributed by atoms with van der Waals surface area (Å²) in [7, 11) is 0. The molecule has 1 N–H and O–H groups in total. The number of rotatable bonds is 3. The van der Waals surface area contributed by atoms with Gasteiger partial charge in [-0.15, -0.1) is 0 Å². The summed E-state index contributed by atoms with van der Waals surface area (Å²) >= 11 is 0. The number of nitro groups is 1. The van der Waals surface area contributed by atoms with E-state index in [4.69, 9.17) is 4.74 Å². The summed E-state index contributed by atoms with van der Waals surface area (Å²) in [6.45, 7) is 0. The molecule has 6 nitrogen and oxygen atoms in total. The van der Waals surface area contributed by atoms with Crippen LogP contribution in [0.15, 0.2) is 24.3 Å². The van der Waals surface area contributed by atoms with Crippen LogP contribution < -0.4 is 5.32 Å². The van der Waals surface area contributed by atoms with Crippen molar-refractivity contribution in [2.45, 2.75) is 18.9 Å². The summed E-state index contributed by atoms with van der Waals surface area (Å²) < 4.78 is 4.96. The lowest BCUT2D eigenvalue weighted by Gasteiger charge is -2.04. The molecule has 1 aromatic rings. The van der Waals surface area contributed by atoms with Crippen molar-refractivity contribution in [1.29, 1.82) is 0 Å². The average molecular weight is 222 g/mol. The van der Waals surface area contributed by atoms with E-state index >= 15 is 0 Å². The molecule has 0 heterocycles. The van der Waals surface area contributed by atoms with Crippen LogP contribution in [0.2, 0.25) is 0 Å². The van der Waals surface area contributed by atoms with E-state index in [0.29, 0.717) is 5.69 Å². The highest BCUT2D eigenvalue weighted by Gasteiger charge is 2.25. The lowest BCUT2D eigenvalue weighted by Crippen LogP contribution is -2.14. The summed E-state index contributed by atoms with van der Waals surface area (Å²) in [5, 5.41) is 12.9. The van der Waals surface area contributed by atoms with Crippen LogP contribution in [0.25, 0.3) is 0 Å². The smallest absolute Gasteiger partial charge is 0.411 e. The lowest BCUT2D eigenvalue weighted by atomic mass is 10.3. The fraction of sp³-hybridized carbons (Fsp3) is 0.300. The second-order valence-electron chi connectivity index (χ2n) is 3.53. The first kappa shape index (κ1) is 10.4. The van der Waals surface area contributed by atoms with E-state index in [1.165, 1.54) is 24.3 Å². The van der Waals surface area contributed by atoms with Gasteiger partial charge in [0.25, 0.3) is 5.69 Å². The molecular weight excluding hydrogens is 212 g/mol. The number of nitro benzene ring substituents is 1. The molecule has 0 aliphatic heterocycles. The van der Waals surface area contributed by atoms with Crippen molar-refractivity contribution in [2.75, 3.05) is 5.32 Å². The Morgan fingerprint density at radius 1 is 1.38 bits per heavy atom. The molecule has 6 heteroatoms. The number of anilines is 1. The molecule has 84 valence electrons. The number of nitrogens with zero attached hydrogens (tertiary/aromatic N) is 1. The predicted molar refractivity (Wildman–Crippen MR) is 56.2 cm³/mol. The minimum atomic E-state index is -0.517. The van der Waals surface area contributed by atoms with Gasteiger partial charge in [0.1, 0.15) is 6.10 Å². The Morgan fingerprint density at radius 3 is 2.50 bits per heavy atom. The number of non-ortho nitro benzene ring substituents is 1.